The number of alkyl halides is 3. The van der Waals surface area contributed by atoms with Crippen molar-refractivity contribution in [2.24, 2.45) is 0 Å². The van der Waals surface area contributed by atoms with E-state index in [-0.39, 0.29) is 18.0 Å². The lowest BCUT2D eigenvalue weighted by Gasteiger charge is -2.23. The van der Waals surface area contributed by atoms with Crippen LogP contribution in [0, 0.1) is 0 Å². The highest BCUT2D eigenvalue weighted by atomic mass is 32.2. The van der Waals surface area contributed by atoms with Crippen molar-refractivity contribution in [3.8, 4) is 5.75 Å². The molecule has 0 spiro atoms. The Hall–Kier alpha value is -1.48. The van der Waals surface area contributed by atoms with Gasteiger partial charge in [0.05, 0.1) is 5.69 Å². The summed E-state index contributed by atoms with van der Waals surface area (Å²) in [5, 5.41) is 9.26. The van der Waals surface area contributed by atoms with E-state index in [1.54, 1.807) is 0 Å². The van der Waals surface area contributed by atoms with Crippen LogP contribution in [-0.4, -0.2) is 32.8 Å². The zero-order chi connectivity index (χ0) is 14.7. The molecule has 1 aromatic carbocycles. The minimum Gasteiger partial charge on any atom is -0.508 e. The molecule has 0 aliphatic heterocycles. The fraction of sp³-hybridized carbons (Fsp3) is 0.400. The summed E-state index contributed by atoms with van der Waals surface area (Å²) in [5.74, 6) is -0.179. The largest absolute Gasteiger partial charge is 0.508 e. The van der Waals surface area contributed by atoms with Gasteiger partial charge in [-0.1, -0.05) is 6.07 Å². The van der Waals surface area contributed by atoms with Crippen LogP contribution in [0.1, 0.15) is 6.92 Å². The van der Waals surface area contributed by atoms with E-state index in [9.17, 15) is 26.7 Å². The number of halogens is 3. The fourth-order valence-electron chi connectivity index (χ4n) is 1.39. The number of aromatic hydroxyl groups is 1. The van der Waals surface area contributed by atoms with Crippen LogP contribution in [0.25, 0.3) is 0 Å². The van der Waals surface area contributed by atoms with E-state index in [0.717, 1.165) is 10.4 Å². The third kappa shape index (κ3) is 4.60. The van der Waals surface area contributed by atoms with E-state index < -0.39 is 22.9 Å². The summed E-state index contributed by atoms with van der Waals surface area (Å²) in [5.41, 5.74) is 0.0807. The van der Waals surface area contributed by atoms with Crippen LogP contribution in [0.4, 0.5) is 18.9 Å². The molecule has 19 heavy (non-hydrogen) atoms. The predicted molar refractivity (Wildman–Crippen MR) is 64.1 cm³/mol. The Morgan fingerprint density at radius 1 is 1.37 bits per heavy atom. The second-order valence-corrected chi connectivity index (χ2v) is 5.31. The van der Waals surface area contributed by atoms with Crippen LogP contribution in [0.15, 0.2) is 24.3 Å². The van der Waals surface area contributed by atoms with Crippen LogP contribution < -0.4 is 9.03 Å². The van der Waals surface area contributed by atoms with Crippen LogP contribution >= 0.6 is 0 Å². The maximum atomic E-state index is 12.0. The minimum atomic E-state index is -4.63. The van der Waals surface area contributed by atoms with Crippen molar-refractivity contribution in [2.75, 3.05) is 17.4 Å². The Balaban J connectivity index is 2.96. The van der Waals surface area contributed by atoms with Gasteiger partial charge in [0.1, 0.15) is 12.3 Å². The topological polar surface area (TPSA) is 69.6 Å². The molecule has 0 heterocycles. The molecule has 0 atom stereocenters. The monoisotopic (exact) mass is 298 g/mol. The van der Waals surface area contributed by atoms with Crippen LogP contribution in [-0.2, 0) is 10.2 Å². The van der Waals surface area contributed by atoms with Crippen molar-refractivity contribution in [3.63, 3.8) is 0 Å². The molecule has 0 saturated carbocycles. The number of nitrogens with one attached hydrogen (secondary N) is 1. The first kappa shape index (κ1) is 15.6. The van der Waals surface area contributed by atoms with E-state index >= 15 is 0 Å². The van der Waals surface area contributed by atoms with E-state index in [4.69, 9.17) is 0 Å². The summed E-state index contributed by atoms with van der Waals surface area (Å²) in [6.45, 7) is -0.252. The van der Waals surface area contributed by atoms with Gasteiger partial charge in [0.2, 0.25) is 0 Å². The van der Waals surface area contributed by atoms with Crippen molar-refractivity contribution in [3.05, 3.63) is 24.3 Å². The normalized spacial score (nSPS) is 12.4. The average Bonchev–Trinajstić information content (AvgIpc) is 2.26. The van der Waals surface area contributed by atoms with Crippen molar-refractivity contribution in [1.82, 2.24) is 4.72 Å². The molecule has 0 aliphatic rings. The van der Waals surface area contributed by atoms with Crippen molar-refractivity contribution in [2.45, 2.75) is 13.1 Å². The van der Waals surface area contributed by atoms with E-state index in [1.807, 2.05) is 0 Å². The Morgan fingerprint density at radius 2 is 2.00 bits per heavy atom. The Labute approximate surface area is 108 Å². The highest BCUT2D eigenvalue weighted by molar-refractivity contribution is 7.90. The molecule has 1 aromatic rings. The minimum absolute atomic E-state index is 0.0728. The Bertz CT molecular complexity index is 531. The van der Waals surface area contributed by atoms with Crippen molar-refractivity contribution < 1.29 is 26.7 Å². The average molecular weight is 298 g/mol. The summed E-state index contributed by atoms with van der Waals surface area (Å²) in [7, 11) is -4.32. The number of hydrogen-bond acceptors (Lipinski definition) is 3. The van der Waals surface area contributed by atoms with Gasteiger partial charge in [-0.3, -0.25) is 4.31 Å². The summed E-state index contributed by atoms with van der Waals surface area (Å²) < 4.78 is 61.8. The molecule has 108 valence electrons. The summed E-state index contributed by atoms with van der Waals surface area (Å²) >= 11 is 0. The molecule has 0 amide bonds. The second kappa shape index (κ2) is 5.66. The van der Waals surface area contributed by atoms with Gasteiger partial charge in [0.25, 0.3) is 0 Å². The lowest BCUT2D eigenvalue weighted by molar-refractivity contribution is -0.121. The first-order valence-corrected chi connectivity index (χ1v) is 6.73. The molecule has 0 unspecified atom stereocenters. The molecular weight excluding hydrogens is 285 g/mol. The first-order valence-electron chi connectivity index (χ1n) is 5.29. The molecule has 1 rings (SSSR count). The number of phenolic OH excluding ortho intramolecular Hbond substituents is 1. The Morgan fingerprint density at radius 3 is 2.47 bits per heavy atom. The smallest absolute Gasteiger partial charge is 0.402 e. The molecule has 0 saturated heterocycles. The highest BCUT2D eigenvalue weighted by Crippen LogP contribution is 2.22. The summed E-state index contributed by atoms with van der Waals surface area (Å²) in [4.78, 5) is 0. The van der Waals surface area contributed by atoms with Crippen molar-refractivity contribution >= 4 is 15.9 Å². The molecule has 0 fully saturated rings. The third-order valence-corrected chi connectivity index (χ3v) is 3.71. The number of anilines is 1. The maximum absolute atomic E-state index is 12.0. The van der Waals surface area contributed by atoms with Gasteiger partial charge in [-0.15, -0.1) is 0 Å². The Kier molecular flexibility index (Phi) is 4.64. The molecular formula is C10H13F3N2O3S. The lowest BCUT2D eigenvalue weighted by atomic mass is 10.3. The number of phenols is 1. The van der Waals surface area contributed by atoms with E-state index in [1.165, 1.54) is 29.8 Å². The van der Waals surface area contributed by atoms with Gasteiger partial charge in [-0.05, 0) is 19.1 Å². The second-order valence-electron chi connectivity index (χ2n) is 3.63. The SMILES string of the molecule is CCN(c1cccc(O)c1)S(=O)(=O)NCC(F)(F)F. The molecule has 0 aromatic heterocycles. The van der Waals surface area contributed by atoms with Gasteiger partial charge in [-0.25, -0.2) is 0 Å². The van der Waals surface area contributed by atoms with Gasteiger partial charge in [0, 0.05) is 12.6 Å². The van der Waals surface area contributed by atoms with Crippen molar-refractivity contribution in [1.29, 1.82) is 0 Å². The quantitative estimate of drug-likeness (QED) is 0.868. The number of benzene rings is 1. The molecule has 0 aliphatic carbocycles. The zero-order valence-electron chi connectivity index (χ0n) is 9.98. The summed E-state index contributed by atoms with van der Waals surface area (Å²) in [6, 6.07) is 5.24. The van der Waals surface area contributed by atoms with Gasteiger partial charge < -0.3 is 5.11 Å². The molecule has 0 radical (unpaired) electrons. The van der Waals surface area contributed by atoms with E-state index in [2.05, 4.69) is 0 Å². The van der Waals surface area contributed by atoms with Crippen LogP contribution in [0.2, 0.25) is 0 Å². The van der Waals surface area contributed by atoms with Gasteiger partial charge in [-0.2, -0.15) is 26.3 Å². The fourth-order valence-corrected chi connectivity index (χ4v) is 2.62. The molecule has 5 nitrogen and oxygen atoms in total. The number of rotatable bonds is 5. The highest BCUT2D eigenvalue weighted by Gasteiger charge is 2.31. The van der Waals surface area contributed by atoms with Crippen LogP contribution in [0.5, 0.6) is 5.75 Å². The van der Waals surface area contributed by atoms with Gasteiger partial charge in [0.15, 0.2) is 0 Å². The molecule has 2 N–H and O–H groups in total. The van der Waals surface area contributed by atoms with E-state index in [0.29, 0.717) is 0 Å². The standard InChI is InChI=1S/C10H13F3N2O3S/c1-2-15(8-4-3-5-9(16)6-8)19(17,18)14-7-10(11,12)13/h3-6,14,16H,2,7H2,1H3. The first-order chi connectivity index (χ1) is 8.65. The predicted octanol–water partition coefficient (Wildman–Crippen LogP) is 1.62. The third-order valence-electron chi connectivity index (χ3n) is 2.15. The maximum Gasteiger partial charge on any atom is 0.402 e. The molecule has 9 heteroatoms. The van der Waals surface area contributed by atoms with Gasteiger partial charge >= 0.3 is 16.4 Å². The summed E-state index contributed by atoms with van der Waals surface area (Å²) in [6.07, 6.45) is -4.63. The van der Waals surface area contributed by atoms with Crippen LogP contribution in [0.3, 0.4) is 0 Å². The lowest BCUT2D eigenvalue weighted by Crippen LogP contribution is -2.44. The number of nitrogens with zero attached hydrogens (tertiary/aromatic N) is 1. The number of hydrogen-bond donors (Lipinski definition) is 2. The molecule has 0 bridgehead atoms. The zero-order valence-corrected chi connectivity index (χ0v) is 10.8.